The van der Waals surface area contributed by atoms with Crippen LogP contribution in [0, 0.1) is 0 Å². The predicted octanol–water partition coefficient (Wildman–Crippen LogP) is -2.00. The molecule has 0 aromatic rings. The fourth-order valence-electron chi connectivity index (χ4n) is 0.442. The van der Waals surface area contributed by atoms with Crippen molar-refractivity contribution in [3.8, 4) is 0 Å². The molecule has 1 atom stereocenters. The molecular weight excluding hydrogens is 122 g/mol. The molecule has 0 spiro atoms. The summed E-state index contributed by atoms with van der Waals surface area (Å²) < 4.78 is 0. The van der Waals surface area contributed by atoms with Crippen LogP contribution in [0.5, 0.6) is 0 Å². The number of hydrogen-bond acceptors (Lipinski definition) is 3. The van der Waals surface area contributed by atoms with Gasteiger partial charge in [-0.1, -0.05) is 0 Å². The summed E-state index contributed by atoms with van der Waals surface area (Å²) in [5.41, 5.74) is 5.05. The Balaban J connectivity index is 2.81. The molecular formula is C4H5N3O2. The van der Waals surface area contributed by atoms with E-state index in [1.165, 1.54) is 0 Å². The Hall–Kier alpha value is -1.23. The second kappa shape index (κ2) is 1.94. The minimum atomic E-state index is -1.12. The molecule has 0 fully saturated rings. The van der Waals surface area contributed by atoms with Gasteiger partial charge < -0.3 is 11.1 Å². The predicted molar refractivity (Wildman–Crippen MR) is 29.6 cm³/mol. The lowest BCUT2D eigenvalue weighted by Gasteiger charge is -2.08. The van der Waals surface area contributed by atoms with E-state index in [0.29, 0.717) is 0 Å². The van der Waals surface area contributed by atoms with Gasteiger partial charge in [0.15, 0.2) is 6.04 Å². The van der Waals surface area contributed by atoms with Gasteiger partial charge in [-0.3, -0.25) is 9.59 Å². The molecule has 1 aliphatic heterocycles. The van der Waals surface area contributed by atoms with E-state index in [-0.39, 0.29) is 0 Å². The second-order valence-corrected chi connectivity index (χ2v) is 1.58. The first kappa shape index (κ1) is 5.90. The maximum Gasteiger partial charge on any atom is 0.273 e. The van der Waals surface area contributed by atoms with Gasteiger partial charge in [-0.2, -0.15) is 0 Å². The summed E-state index contributed by atoms with van der Waals surface area (Å²) >= 11 is 0. The molecule has 1 rings (SSSR count). The highest BCUT2D eigenvalue weighted by molar-refractivity contribution is 6.13. The zero-order chi connectivity index (χ0) is 6.85. The molecule has 5 nitrogen and oxygen atoms in total. The maximum absolute atomic E-state index is 10.5. The Morgan fingerprint density at radius 1 is 1.67 bits per heavy atom. The van der Waals surface area contributed by atoms with Gasteiger partial charge in [0.1, 0.15) is 0 Å². The van der Waals surface area contributed by atoms with Gasteiger partial charge >= 0.3 is 0 Å². The van der Waals surface area contributed by atoms with Crippen molar-refractivity contribution in [2.45, 2.75) is 6.04 Å². The van der Waals surface area contributed by atoms with Crippen molar-refractivity contribution in [3.05, 3.63) is 0 Å². The van der Waals surface area contributed by atoms with Crippen molar-refractivity contribution >= 4 is 18.2 Å². The lowest BCUT2D eigenvalue weighted by Crippen LogP contribution is -2.48. The highest BCUT2D eigenvalue weighted by atomic mass is 16.2. The third kappa shape index (κ3) is 0.945. The molecule has 5 heteroatoms. The zero-order valence-electron chi connectivity index (χ0n) is 4.50. The van der Waals surface area contributed by atoms with Crippen molar-refractivity contribution in [2.75, 3.05) is 0 Å². The van der Waals surface area contributed by atoms with Crippen molar-refractivity contribution in [3.63, 3.8) is 0 Å². The molecule has 0 aromatic carbocycles. The van der Waals surface area contributed by atoms with E-state index in [1.807, 2.05) is 0 Å². The van der Waals surface area contributed by atoms with Crippen molar-refractivity contribution in [1.82, 2.24) is 5.32 Å². The van der Waals surface area contributed by atoms with Crippen LogP contribution in [-0.4, -0.2) is 24.2 Å². The van der Waals surface area contributed by atoms with Gasteiger partial charge in [-0.25, -0.2) is 4.99 Å². The summed E-state index contributed by atoms with van der Waals surface area (Å²) in [5, 5.41) is 2.19. The van der Waals surface area contributed by atoms with Gasteiger partial charge in [0.05, 0.1) is 6.34 Å². The molecule has 0 aliphatic carbocycles. The first-order valence-electron chi connectivity index (χ1n) is 2.34. The topological polar surface area (TPSA) is 84.6 Å². The van der Waals surface area contributed by atoms with Crippen LogP contribution in [0.25, 0.3) is 0 Å². The fourth-order valence-corrected chi connectivity index (χ4v) is 0.442. The van der Waals surface area contributed by atoms with Gasteiger partial charge in [-0.15, -0.1) is 0 Å². The van der Waals surface area contributed by atoms with Gasteiger partial charge in [0.2, 0.25) is 0 Å². The number of hydrogen-bond donors (Lipinski definition) is 2. The van der Waals surface area contributed by atoms with Crippen LogP contribution < -0.4 is 11.1 Å². The standard InChI is InChI=1S/C4H5N3O2/c5-2-3(8)6-1-7-4(2)9/h1-2H,5H2,(H,6,7,8,9). The molecule has 1 aliphatic rings. The van der Waals surface area contributed by atoms with Crippen LogP contribution in [-0.2, 0) is 9.59 Å². The number of nitrogens with one attached hydrogen (secondary N) is 1. The Morgan fingerprint density at radius 3 is 2.78 bits per heavy atom. The number of rotatable bonds is 0. The third-order valence-corrected chi connectivity index (χ3v) is 0.947. The molecule has 0 unspecified atom stereocenters. The SMILES string of the molecule is N[C@H]1C(=O)N=CNC1=O. The van der Waals surface area contributed by atoms with E-state index < -0.39 is 17.9 Å². The monoisotopic (exact) mass is 127 g/mol. The van der Waals surface area contributed by atoms with E-state index in [1.54, 1.807) is 0 Å². The molecule has 3 N–H and O–H groups in total. The normalized spacial score (nSPS) is 26.1. The Kier molecular flexibility index (Phi) is 1.27. The molecule has 9 heavy (non-hydrogen) atoms. The smallest absolute Gasteiger partial charge is 0.273 e. The van der Waals surface area contributed by atoms with Crippen LogP contribution in [0.3, 0.4) is 0 Å². The van der Waals surface area contributed by atoms with Crippen molar-refractivity contribution < 1.29 is 9.59 Å². The number of nitrogens with zero attached hydrogens (tertiary/aromatic N) is 1. The lowest BCUT2D eigenvalue weighted by atomic mass is 10.2. The van der Waals surface area contributed by atoms with Crippen molar-refractivity contribution in [2.24, 2.45) is 10.7 Å². The Bertz CT molecular complexity index is 186. The largest absolute Gasteiger partial charge is 0.315 e. The van der Waals surface area contributed by atoms with Crippen LogP contribution in [0.15, 0.2) is 4.99 Å². The highest BCUT2D eigenvalue weighted by Crippen LogP contribution is 1.87. The van der Waals surface area contributed by atoms with E-state index in [4.69, 9.17) is 5.73 Å². The summed E-state index contributed by atoms with van der Waals surface area (Å²) in [6.07, 6.45) is 1.04. The van der Waals surface area contributed by atoms with E-state index in [0.717, 1.165) is 6.34 Å². The summed E-state index contributed by atoms with van der Waals surface area (Å²) in [4.78, 5) is 24.1. The van der Waals surface area contributed by atoms with Gasteiger partial charge in [-0.05, 0) is 0 Å². The first-order valence-corrected chi connectivity index (χ1v) is 2.34. The summed E-state index contributed by atoms with van der Waals surface area (Å²) in [6, 6.07) is -1.12. The zero-order valence-corrected chi connectivity index (χ0v) is 4.50. The molecule has 0 saturated carbocycles. The number of amides is 2. The molecule has 1 heterocycles. The molecule has 0 bridgehead atoms. The van der Waals surface area contributed by atoms with Gasteiger partial charge in [0.25, 0.3) is 11.8 Å². The molecule has 0 radical (unpaired) electrons. The average molecular weight is 127 g/mol. The number of nitrogens with two attached hydrogens (primary N) is 1. The average Bonchev–Trinajstić information content (AvgIpc) is 1.83. The third-order valence-electron chi connectivity index (χ3n) is 0.947. The Labute approximate surface area is 50.9 Å². The van der Waals surface area contributed by atoms with Crippen LogP contribution >= 0.6 is 0 Å². The number of carbonyl (C=O) groups is 2. The van der Waals surface area contributed by atoms with Crippen LogP contribution in [0.4, 0.5) is 0 Å². The van der Waals surface area contributed by atoms with Gasteiger partial charge in [0, 0.05) is 0 Å². The lowest BCUT2D eigenvalue weighted by molar-refractivity contribution is -0.129. The highest BCUT2D eigenvalue weighted by Gasteiger charge is 2.23. The molecule has 48 valence electrons. The molecule has 0 aromatic heterocycles. The van der Waals surface area contributed by atoms with E-state index in [2.05, 4.69) is 10.3 Å². The quantitative estimate of drug-likeness (QED) is 0.369. The second-order valence-electron chi connectivity index (χ2n) is 1.58. The van der Waals surface area contributed by atoms with E-state index in [9.17, 15) is 9.59 Å². The van der Waals surface area contributed by atoms with E-state index >= 15 is 0 Å². The number of carbonyl (C=O) groups excluding carboxylic acids is 2. The number of aliphatic imine (C=N–C) groups is 1. The summed E-state index contributed by atoms with van der Waals surface area (Å²) in [5.74, 6) is -1.10. The molecule has 2 amide bonds. The minimum Gasteiger partial charge on any atom is -0.315 e. The van der Waals surface area contributed by atoms with Crippen LogP contribution in [0.2, 0.25) is 0 Å². The minimum absolute atomic E-state index is 0.505. The Morgan fingerprint density at radius 2 is 2.33 bits per heavy atom. The van der Waals surface area contributed by atoms with Crippen molar-refractivity contribution in [1.29, 1.82) is 0 Å². The summed E-state index contributed by atoms with van der Waals surface area (Å²) in [7, 11) is 0. The fraction of sp³-hybridized carbons (Fsp3) is 0.250. The molecule has 0 saturated heterocycles. The summed E-state index contributed by atoms with van der Waals surface area (Å²) in [6.45, 7) is 0. The van der Waals surface area contributed by atoms with Crippen LogP contribution in [0.1, 0.15) is 0 Å². The first-order chi connectivity index (χ1) is 4.22. The maximum atomic E-state index is 10.5.